The van der Waals surface area contributed by atoms with Gasteiger partial charge in [-0.3, -0.25) is 9.59 Å². The van der Waals surface area contributed by atoms with Crippen molar-refractivity contribution in [2.24, 2.45) is 23.7 Å². The maximum Gasteiger partial charge on any atom is 0.310 e. The smallest absolute Gasteiger partial charge is 0.310 e. The average Bonchev–Trinajstić information content (AvgIpc) is 3.04. The molecule has 0 aromatic heterocycles. The van der Waals surface area contributed by atoms with Crippen LogP contribution >= 0.6 is 0 Å². The van der Waals surface area contributed by atoms with Gasteiger partial charge in [-0.05, 0) is 31.8 Å². The highest BCUT2D eigenvalue weighted by Crippen LogP contribution is 2.57. The number of esters is 2. The number of carbonyl (C=O) groups excluding carboxylic acids is 2. The lowest BCUT2D eigenvalue weighted by Crippen LogP contribution is -2.35. The van der Waals surface area contributed by atoms with Crippen LogP contribution in [0.4, 0.5) is 0 Å². The molecule has 2 aliphatic carbocycles. The second kappa shape index (κ2) is 5.35. The van der Waals surface area contributed by atoms with E-state index in [0.29, 0.717) is 12.5 Å². The molecule has 3 rings (SSSR count). The Kier molecular flexibility index (Phi) is 3.71. The van der Waals surface area contributed by atoms with Gasteiger partial charge in [0.25, 0.3) is 0 Å². The van der Waals surface area contributed by atoms with Crippen LogP contribution in [0.3, 0.4) is 0 Å². The third-order valence-corrected chi connectivity index (χ3v) is 5.30. The normalized spacial score (nSPS) is 37.5. The van der Waals surface area contributed by atoms with Crippen molar-refractivity contribution in [3.8, 4) is 0 Å². The first-order chi connectivity index (χ1) is 9.65. The monoisotopic (exact) mass is 281 g/mol. The van der Waals surface area contributed by atoms with Gasteiger partial charge in [-0.15, -0.1) is 0 Å². The molecular weight excluding hydrogens is 258 g/mol. The molecule has 5 atom stereocenters. The summed E-state index contributed by atoms with van der Waals surface area (Å²) in [5, 5.41) is 0. The molecule has 1 heterocycles. The number of hydrogen-bond donors (Lipinski definition) is 0. The maximum absolute atomic E-state index is 12.3. The fourth-order valence-electron chi connectivity index (χ4n) is 4.24. The van der Waals surface area contributed by atoms with Gasteiger partial charge in [0, 0.05) is 12.5 Å². The second-order valence-corrected chi connectivity index (χ2v) is 6.12. The zero-order valence-corrected chi connectivity index (χ0v) is 12.2. The Morgan fingerprint density at radius 1 is 1.35 bits per heavy atom. The molecule has 20 heavy (non-hydrogen) atoms. The van der Waals surface area contributed by atoms with Gasteiger partial charge in [-0.25, -0.2) is 0 Å². The van der Waals surface area contributed by atoms with E-state index in [0.717, 1.165) is 32.5 Å². The van der Waals surface area contributed by atoms with Crippen LogP contribution in [0.5, 0.6) is 0 Å². The molecule has 0 N–H and O–H groups in total. The van der Waals surface area contributed by atoms with E-state index in [9.17, 15) is 9.59 Å². The van der Waals surface area contributed by atoms with Gasteiger partial charge >= 0.3 is 11.9 Å². The quantitative estimate of drug-likeness (QED) is 0.682. The Morgan fingerprint density at radius 3 is 2.80 bits per heavy atom. The number of rotatable bonds is 6. The van der Waals surface area contributed by atoms with E-state index in [1.165, 1.54) is 0 Å². The van der Waals surface area contributed by atoms with Crippen LogP contribution < -0.4 is 0 Å². The third kappa shape index (κ3) is 2.12. The Labute approximate surface area is 119 Å². The summed E-state index contributed by atoms with van der Waals surface area (Å²) in [6, 6.07) is 0. The van der Waals surface area contributed by atoms with Crippen LogP contribution in [0.15, 0.2) is 0 Å². The number of carbonyl (C=O) groups is 2. The van der Waals surface area contributed by atoms with Crippen molar-refractivity contribution in [1.29, 1.82) is 0 Å². The van der Waals surface area contributed by atoms with Crippen molar-refractivity contribution in [2.45, 2.75) is 32.8 Å². The summed E-state index contributed by atoms with van der Waals surface area (Å²) in [6.07, 6.45) is 1.89. The fourth-order valence-corrected chi connectivity index (χ4v) is 4.24. The van der Waals surface area contributed by atoms with Gasteiger partial charge in [-0.2, -0.15) is 0 Å². The van der Waals surface area contributed by atoms with E-state index in [1.807, 2.05) is 0 Å². The molecule has 3 aliphatic rings. The molecule has 0 amide bonds. The van der Waals surface area contributed by atoms with Crippen molar-refractivity contribution < 1.29 is 19.1 Å². The number of ether oxygens (including phenoxy) is 2. The molecule has 0 spiro atoms. The van der Waals surface area contributed by atoms with Crippen molar-refractivity contribution in [3.63, 3.8) is 0 Å². The lowest BCUT2D eigenvalue weighted by molar-refractivity contribution is -0.156. The first kappa shape index (κ1) is 13.9. The van der Waals surface area contributed by atoms with E-state index in [4.69, 9.17) is 9.47 Å². The van der Waals surface area contributed by atoms with Gasteiger partial charge in [0.05, 0.1) is 11.8 Å². The number of fused-ring (bicyclic) bond motifs is 1. The van der Waals surface area contributed by atoms with Crippen molar-refractivity contribution in [2.75, 3.05) is 26.2 Å². The zero-order chi connectivity index (χ0) is 14.3. The predicted molar refractivity (Wildman–Crippen MR) is 71.8 cm³/mol. The Morgan fingerprint density at radius 2 is 2.10 bits per heavy atom. The molecule has 3 fully saturated rings. The molecule has 2 saturated carbocycles. The number of hydrogen-bond acceptors (Lipinski definition) is 5. The van der Waals surface area contributed by atoms with Gasteiger partial charge in [0.1, 0.15) is 12.7 Å². The summed E-state index contributed by atoms with van der Waals surface area (Å²) in [4.78, 5) is 26.3. The van der Waals surface area contributed by atoms with Crippen LogP contribution in [-0.2, 0) is 19.1 Å². The number of nitrogens with zero attached hydrogens (tertiary/aromatic N) is 1. The van der Waals surface area contributed by atoms with Gasteiger partial charge in [0.15, 0.2) is 0 Å². The topological polar surface area (TPSA) is 55.8 Å². The van der Waals surface area contributed by atoms with Crippen LogP contribution in [0.2, 0.25) is 0 Å². The molecule has 0 radical (unpaired) electrons. The molecule has 5 heteroatoms. The van der Waals surface area contributed by atoms with E-state index < -0.39 is 0 Å². The SMILES string of the molecule is CCN(CC)CCOC(=O)[C@H]1[C@@H]2C[C@@H]3[C@@H]1C(=O)O[C@@H]3C2. The van der Waals surface area contributed by atoms with E-state index >= 15 is 0 Å². The van der Waals surface area contributed by atoms with Crippen molar-refractivity contribution >= 4 is 11.9 Å². The summed E-state index contributed by atoms with van der Waals surface area (Å²) in [5.41, 5.74) is 0. The summed E-state index contributed by atoms with van der Waals surface area (Å²) < 4.78 is 10.8. The lowest BCUT2D eigenvalue weighted by Gasteiger charge is -2.23. The minimum absolute atomic E-state index is 0.0808. The zero-order valence-electron chi connectivity index (χ0n) is 12.2. The maximum atomic E-state index is 12.3. The minimum atomic E-state index is -0.247. The molecule has 0 aromatic rings. The summed E-state index contributed by atoms with van der Waals surface area (Å²) in [7, 11) is 0. The van der Waals surface area contributed by atoms with Gasteiger partial charge in [-0.1, -0.05) is 13.8 Å². The van der Waals surface area contributed by atoms with Crippen LogP contribution in [0.1, 0.15) is 26.7 Å². The molecule has 112 valence electrons. The summed E-state index contributed by atoms with van der Waals surface area (Å²) in [6.45, 7) is 7.28. The first-order valence-electron chi connectivity index (χ1n) is 7.75. The van der Waals surface area contributed by atoms with E-state index in [-0.39, 0.29) is 35.8 Å². The second-order valence-electron chi connectivity index (χ2n) is 6.12. The Hall–Kier alpha value is -1.10. The van der Waals surface area contributed by atoms with Gasteiger partial charge < -0.3 is 14.4 Å². The summed E-state index contributed by atoms with van der Waals surface area (Å²) in [5.74, 6) is -0.268. The average molecular weight is 281 g/mol. The standard InChI is InChI=1S/C15H23NO4/c1-3-16(4-2)5-6-19-14(17)12-9-7-10-11(8-9)20-15(18)13(10)12/h9-13H,3-8H2,1-2H3/t9-,10+,11-,12+,13+/m1/s1. The highest BCUT2D eigenvalue weighted by Gasteiger charge is 2.64. The Balaban J connectivity index is 1.55. The minimum Gasteiger partial charge on any atom is -0.464 e. The predicted octanol–water partition coefficient (Wildman–Crippen LogP) is 1.07. The fraction of sp³-hybridized carbons (Fsp3) is 0.867. The third-order valence-electron chi connectivity index (χ3n) is 5.30. The number of likely N-dealkylation sites (N-methyl/N-ethyl adjacent to an activating group) is 1. The molecule has 2 bridgehead atoms. The molecule has 5 nitrogen and oxygen atoms in total. The molecule has 1 saturated heterocycles. The highest BCUT2D eigenvalue weighted by molar-refractivity contribution is 5.85. The molecule has 1 aliphatic heterocycles. The van der Waals surface area contributed by atoms with E-state index in [2.05, 4.69) is 18.7 Å². The Bertz CT molecular complexity index is 405. The largest absolute Gasteiger partial charge is 0.464 e. The molecule has 0 aromatic carbocycles. The van der Waals surface area contributed by atoms with E-state index in [1.54, 1.807) is 0 Å². The van der Waals surface area contributed by atoms with Crippen LogP contribution in [-0.4, -0.2) is 49.2 Å². The summed E-state index contributed by atoms with van der Waals surface area (Å²) >= 11 is 0. The van der Waals surface area contributed by atoms with Gasteiger partial charge in [0.2, 0.25) is 0 Å². The van der Waals surface area contributed by atoms with Crippen molar-refractivity contribution in [3.05, 3.63) is 0 Å². The first-order valence-corrected chi connectivity index (χ1v) is 7.75. The highest BCUT2D eigenvalue weighted by atomic mass is 16.6. The van der Waals surface area contributed by atoms with Crippen LogP contribution in [0, 0.1) is 23.7 Å². The van der Waals surface area contributed by atoms with Crippen LogP contribution in [0.25, 0.3) is 0 Å². The molecular formula is C15H23NO4. The lowest BCUT2D eigenvalue weighted by atomic mass is 9.80. The molecule has 0 unspecified atom stereocenters. The van der Waals surface area contributed by atoms with Crippen molar-refractivity contribution in [1.82, 2.24) is 4.90 Å².